The van der Waals surface area contributed by atoms with Crippen LogP contribution in [0.25, 0.3) is 0 Å². The number of hydrogen-bond acceptors (Lipinski definition) is 3. The van der Waals surface area contributed by atoms with Crippen LogP contribution in [0.15, 0.2) is 22.8 Å². The highest BCUT2D eigenvalue weighted by Gasteiger charge is 2.63. The minimum atomic E-state index is -0.153. The van der Waals surface area contributed by atoms with Crippen LogP contribution in [0.3, 0.4) is 0 Å². The third-order valence-corrected chi connectivity index (χ3v) is 10.9. The molecule has 0 aliphatic heterocycles. The first-order valence-corrected chi connectivity index (χ1v) is 13.4. The van der Waals surface area contributed by atoms with Gasteiger partial charge in [-0.3, -0.25) is 9.59 Å². The molecule has 182 valence electrons. The molecule has 0 saturated heterocycles. The molecule has 0 aromatic rings. The molecule has 0 aromatic heterocycles. The normalized spacial score (nSPS) is 45.0. The monoisotopic (exact) mass is 453 g/mol. The van der Waals surface area contributed by atoms with Crippen LogP contribution in [0.2, 0.25) is 0 Å². The van der Waals surface area contributed by atoms with Gasteiger partial charge in [-0.05, 0) is 97.4 Å². The Balaban J connectivity index is 1.44. The molecular formula is C29H43NO3. The van der Waals surface area contributed by atoms with Crippen molar-refractivity contribution in [3.8, 4) is 0 Å². The Morgan fingerprint density at radius 3 is 2.70 bits per heavy atom. The third-order valence-electron chi connectivity index (χ3n) is 10.9. The molecule has 33 heavy (non-hydrogen) atoms. The van der Waals surface area contributed by atoms with Crippen molar-refractivity contribution >= 4 is 11.7 Å². The number of nitrogens with one attached hydrogen (secondary N) is 1. The van der Waals surface area contributed by atoms with Crippen molar-refractivity contribution in [3.05, 3.63) is 22.8 Å². The summed E-state index contributed by atoms with van der Waals surface area (Å²) in [6.07, 6.45) is 10.8. The van der Waals surface area contributed by atoms with E-state index in [1.165, 1.54) is 24.0 Å². The predicted octanol–water partition coefficient (Wildman–Crippen LogP) is 5.21. The van der Waals surface area contributed by atoms with E-state index in [1.54, 1.807) is 6.92 Å². The van der Waals surface area contributed by atoms with Crippen LogP contribution < -0.4 is 5.32 Å². The van der Waals surface area contributed by atoms with Gasteiger partial charge in [-0.25, -0.2) is 0 Å². The Morgan fingerprint density at radius 2 is 1.97 bits per heavy atom. The molecule has 1 amide bonds. The Bertz CT molecular complexity index is 918. The molecule has 0 aromatic carbocycles. The SMILES string of the molecule is CC(=O)NC[C@H](C)CC1=C2C[C@@H]3[C@H]4CC=C5C[C@@H](O)CC[C@]5(C)[C@@H]4CC[C@]3(C)[C@@H]2[C@@H](C)C1=O. The quantitative estimate of drug-likeness (QED) is 0.574. The molecule has 5 aliphatic carbocycles. The number of ketones is 1. The average molecular weight is 454 g/mol. The fourth-order valence-corrected chi connectivity index (χ4v) is 9.26. The molecule has 4 nitrogen and oxygen atoms in total. The van der Waals surface area contributed by atoms with E-state index in [1.807, 2.05) is 0 Å². The van der Waals surface area contributed by atoms with Gasteiger partial charge in [0.1, 0.15) is 0 Å². The van der Waals surface area contributed by atoms with Gasteiger partial charge in [0.25, 0.3) is 0 Å². The molecule has 5 rings (SSSR count). The maximum Gasteiger partial charge on any atom is 0.216 e. The summed E-state index contributed by atoms with van der Waals surface area (Å²) in [6, 6.07) is 0. The Hall–Kier alpha value is -1.42. The second-order valence-corrected chi connectivity index (χ2v) is 12.8. The fourth-order valence-electron chi connectivity index (χ4n) is 9.26. The van der Waals surface area contributed by atoms with Crippen molar-refractivity contribution in [2.75, 3.05) is 6.54 Å². The van der Waals surface area contributed by atoms with Crippen molar-refractivity contribution < 1.29 is 14.7 Å². The third kappa shape index (κ3) is 3.49. The van der Waals surface area contributed by atoms with Crippen LogP contribution in [0, 0.1) is 46.3 Å². The summed E-state index contributed by atoms with van der Waals surface area (Å²) >= 11 is 0. The number of aliphatic hydroxyl groups is 1. The first-order chi connectivity index (χ1) is 15.6. The lowest BCUT2D eigenvalue weighted by Crippen LogP contribution is -2.51. The predicted molar refractivity (Wildman–Crippen MR) is 130 cm³/mol. The van der Waals surface area contributed by atoms with Gasteiger partial charge in [-0.1, -0.05) is 44.9 Å². The second kappa shape index (κ2) is 8.07. The zero-order valence-electron chi connectivity index (χ0n) is 21.2. The molecule has 2 N–H and O–H groups in total. The van der Waals surface area contributed by atoms with Crippen LogP contribution in [0.4, 0.5) is 0 Å². The van der Waals surface area contributed by atoms with Gasteiger partial charge < -0.3 is 10.4 Å². The summed E-state index contributed by atoms with van der Waals surface area (Å²) in [5.41, 5.74) is 4.60. The van der Waals surface area contributed by atoms with Gasteiger partial charge in [0.2, 0.25) is 5.91 Å². The Labute approximate surface area is 199 Å². The summed E-state index contributed by atoms with van der Waals surface area (Å²) in [6.45, 7) is 11.5. The summed E-state index contributed by atoms with van der Waals surface area (Å²) in [5, 5.41) is 13.2. The van der Waals surface area contributed by atoms with E-state index in [0.717, 1.165) is 50.0 Å². The highest BCUT2D eigenvalue weighted by Crippen LogP contribution is 2.70. The molecule has 0 spiro atoms. The van der Waals surface area contributed by atoms with Crippen LogP contribution in [0.5, 0.6) is 0 Å². The molecule has 4 heteroatoms. The van der Waals surface area contributed by atoms with Crippen LogP contribution >= 0.6 is 0 Å². The number of Topliss-reactive ketones (excluding diaryl/α,β-unsaturated/α-hetero) is 1. The fraction of sp³-hybridized carbons (Fsp3) is 0.793. The number of aliphatic hydroxyl groups excluding tert-OH is 1. The number of fused-ring (bicyclic) bond motifs is 7. The van der Waals surface area contributed by atoms with Crippen LogP contribution in [-0.2, 0) is 9.59 Å². The van der Waals surface area contributed by atoms with E-state index in [2.05, 4.69) is 39.1 Å². The number of hydrogen-bond donors (Lipinski definition) is 2. The first-order valence-electron chi connectivity index (χ1n) is 13.4. The molecule has 3 saturated carbocycles. The van der Waals surface area contributed by atoms with Gasteiger partial charge >= 0.3 is 0 Å². The molecule has 0 radical (unpaired) electrons. The maximum atomic E-state index is 13.4. The zero-order valence-corrected chi connectivity index (χ0v) is 21.2. The summed E-state index contributed by atoms with van der Waals surface area (Å²) < 4.78 is 0. The molecule has 0 bridgehead atoms. The highest BCUT2D eigenvalue weighted by atomic mass is 16.3. The lowest BCUT2D eigenvalue weighted by molar-refractivity contribution is -0.121. The van der Waals surface area contributed by atoms with Crippen molar-refractivity contribution in [1.82, 2.24) is 5.32 Å². The van der Waals surface area contributed by atoms with Gasteiger partial charge in [0.15, 0.2) is 5.78 Å². The van der Waals surface area contributed by atoms with E-state index in [0.29, 0.717) is 30.1 Å². The summed E-state index contributed by atoms with van der Waals surface area (Å²) in [7, 11) is 0. The number of allylic oxidation sites excluding steroid dienone is 3. The zero-order chi connectivity index (χ0) is 23.7. The highest BCUT2D eigenvalue weighted by molar-refractivity contribution is 6.01. The van der Waals surface area contributed by atoms with E-state index in [4.69, 9.17) is 0 Å². The van der Waals surface area contributed by atoms with E-state index in [9.17, 15) is 14.7 Å². The van der Waals surface area contributed by atoms with Crippen molar-refractivity contribution in [2.45, 2.75) is 92.1 Å². The van der Waals surface area contributed by atoms with Crippen molar-refractivity contribution in [2.24, 2.45) is 46.3 Å². The van der Waals surface area contributed by atoms with Crippen LogP contribution in [-0.4, -0.2) is 29.4 Å². The minimum absolute atomic E-state index is 0.00221. The summed E-state index contributed by atoms with van der Waals surface area (Å²) in [5.74, 6) is 3.25. The molecule has 0 unspecified atom stereocenters. The average Bonchev–Trinajstić information content (AvgIpc) is 3.19. The Kier molecular flexibility index (Phi) is 5.70. The Morgan fingerprint density at radius 1 is 1.21 bits per heavy atom. The minimum Gasteiger partial charge on any atom is -0.393 e. The largest absolute Gasteiger partial charge is 0.393 e. The van der Waals surface area contributed by atoms with E-state index >= 15 is 0 Å². The first kappa shape index (κ1) is 23.3. The van der Waals surface area contributed by atoms with Gasteiger partial charge in [0.05, 0.1) is 6.10 Å². The molecule has 0 heterocycles. The molecule has 5 aliphatic rings. The maximum absolute atomic E-state index is 13.4. The van der Waals surface area contributed by atoms with Gasteiger partial charge in [-0.15, -0.1) is 0 Å². The van der Waals surface area contributed by atoms with E-state index in [-0.39, 0.29) is 34.7 Å². The van der Waals surface area contributed by atoms with Crippen LogP contribution in [0.1, 0.15) is 86.0 Å². The van der Waals surface area contributed by atoms with Crippen molar-refractivity contribution in [3.63, 3.8) is 0 Å². The number of carbonyl (C=O) groups is 2. The van der Waals surface area contributed by atoms with E-state index < -0.39 is 0 Å². The smallest absolute Gasteiger partial charge is 0.216 e. The number of rotatable bonds is 4. The molecule has 9 atom stereocenters. The lowest BCUT2D eigenvalue weighted by Gasteiger charge is -2.58. The number of carbonyl (C=O) groups excluding carboxylic acids is 2. The second-order valence-electron chi connectivity index (χ2n) is 12.8. The standard InChI is InChI=1S/C29H43NO3/c1-16(15-30-18(3)31)12-23-22-14-25-21-7-6-19-13-20(32)8-10-28(19,4)24(21)9-11-29(25,5)26(22)17(2)27(23)33/h6,16-17,20-21,24-26,32H,7-15H2,1-5H3,(H,30,31)/t16-,17-,20+,21+,24-,25-,26-,28+,29+/m1/s1. The summed E-state index contributed by atoms with van der Waals surface area (Å²) in [4.78, 5) is 24.7. The van der Waals surface area contributed by atoms with Gasteiger partial charge in [-0.2, -0.15) is 0 Å². The molecule has 3 fully saturated rings. The van der Waals surface area contributed by atoms with Crippen molar-refractivity contribution in [1.29, 1.82) is 0 Å². The van der Waals surface area contributed by atoms with Gasteiger partial charge in [0, 0.05) is 19.4 Å². The number of amides is 1. The molecular weight excluding hydrogens is 410 g/mol. The topological polar surface area (TPSA) is 66.4 Å². The lowest BCUT2D eigenvalue weighted by atomic mass is 9.47.